The third-order valence-electron chi connectivity index (χ3n) is 2.40. The van der Waals surface area contributed by atoms with E-state index in [4.69, 9.17) is 8.06 Å². The molecule has 0 bridgehead atoms. The number of hydrogen-bond donors (Lipinski definition) is 0. The summed E-state index contributed by atoms with van der Waals surface area (Å²) >= 11 is -5.42. The van der Waals surface area contributed by atoms with Crippen LogP contribution in [-0.4, -0.2) is 40.4 Å². The van der Waals surface area contributed by atoms with Gasteiger partial charge in [0.1, 0.15) is 0 Å². The van der Waals surface area contributed by atoms with Gasteiger partial charge < -0.3 is 0 Å². The van der Waals surface area contributed by atoms with Crippen LogP contribution in [0.4, 0.5) is 13.2 Å². The van der Waals surface area contributed by atoms with Crippen LogP contribution in [0.3, 0.4) is 0 Å². The first-order chi connectivity index (χ1) is 10.5. The number of benzene rings is 1. The van der Waals surface area contributed by atoms with Gasteiger partial charge in [-0.2, -0.15) is 0 Å². The van der Waals surface area contributed by atoms with E-state index >= 15 is 0 Å². The van der Waals surface area contributed by atoms with Crippen molar-refractivity contribution < 1.29 is 35.6 Å². The van der Waals surface area contributed by atoms with E-state index in [9.17, 15) is 27.6 Å². The Bertz CT molecular complexity index is 570. The molecule has 10 heteroatoms. The van der Waals surface area contributed by atoms with Crippen LogP contribution in [0, 0.1) is 0 Å². The Labute approximate surface area is 136 Å². The second-order valence-electron chi connectivity index (χ2n) is 4.41. The quantitative estimate of drug-likeness (QED) is 0.551. The van der Waals surface area contributed by atoms with Gasteiger partial charge in [-0.15, -0.1) is 0 Å². The normalized spacial score (nSPS) is 11.6. The second-order valence-corrected chi connectivity index (χ2v) is 13.4. The van der Waals surface area contributed by atoms with Crippen molar-refractivity contribution in [3.05, 3.63) is 29.8 Å². The third-order valence-corrected chi connectivity index (χ3v) is 12.9. The van der Waals surface area contributed by atoms with Crippen LogP contribution >= 0.6 is 0 Å². The predicted octanol–water partition coefficient (Wildman–Crippen LogP) is 1.54. The standard InChI is InChI=1S/C7H4F3.3C2H4O2.Pb/c8-7(9,10)6-4-2-1-3-5-6;3*1-2(3)4;/h2-5H;3*1H3,(H,3,4);/q;;;;+3/p-3. The van der Waals surface area contributed by atoms with Gasteiger partial charge in [-0.3, -0.25) is 0 Å². The molecule has 0 amide bonds. The summed E-state index contributed by atoms with van der Waals surface area (Å²) in [5.41, 5.74) is -0.947. The summed E-state index contributed by atoms with van der Waals surface area (Å²) in [4.78, 5) is 33.9. The van der Waals surface area contributed by atoms with Crippen molar-refractivity contribution in [2.45, 2.75) is 26.9 Å². The van der Waals surface area contributed by atoms with Gasteiger partial charge in [0.05, 0.1) is 0 Å². The third kappa shape index (κ3) is 5.48. The van der Waals surface area contributed by atoms with E-state index in [1.807, 2.05) is 0 Å². The average molecular weight is 529 g/mol. The summed E-state index contributed by atoms with van der Waals surface area (Å²) in [6, 6.07) is 3.39. The first-order valence-corrected chi connectivity index (χ1v) is 12.9. The minimum absolute atomic E-state index is 0.0499. The van der Waals surface area contributed by atoms with Crippen LogP contribution in [0.1, 0.15) is 26.3 Å². The Morgan fingerprint density at radius 1 is 0.826 bits per heavy atom. The summed E-state index contributed by atoms with van der Waals surface area (Å²) in [5, 5.41) is 0. The first kappa shape index (κ1) is 19.4. The van der Waals surface area contributed by atoms with E-state index < -0.39 is 52.2 Å². The van der Waals surface area contributed by atoms with Crippen molar-refractivity contribution in [2.75, 3.05) is 0 Å². The Morgan fingerprint density at radius 2 is 1.17 bits per heavy atom. The van der Waals surface area contributed by atoms with Crippen LogP contribution in [-0.2, 0) is 28.6 Å². The zero-order valence-corrected chi connectivity index (χ0v) is 16.3. The van der Waals surface area contributed by atoms with Gasteiger partial charge in [-0.05, 0) is 0 Å². The summed E-state index contributed by atoms with van der Waals surface area (Å²) in [7, 11) is 0. The molecule has 0 radical (unpaired) electrons. The van der Waals surface area contributed by atoms with Crippen LogP contribution in [0.15, 0.2) is 24.3 Å². The molecular formula is C13H13F3O6Pb. The molecule has 1 aromatic rings. The summed E-state index contributed by atoms with van der Waals surface area (Å²) in [6.07, 6.45) is -4.57. The molecule has 0 N–H and O–H groups in total. The summed E-state index contributed by atoms with van der Waals surface area (Å²) in [6.45, 7) is 3.02. The van der Waals surface area contributed by atoms with E-state index in [2.05, 4.69) is 0 Å². The van der Waals surface area contributed by atoms with Crippen LogP contribution in [0.2, 0.25) is 0 Å². The number of rotatable bonds is 4. The molecule has 23 heavy (non-hydrogen) atoms. The molecule has 0 aromatic heterocycles. The molecule has 0 heterocycles. The molecular weight excluding hydrogens is 516 g/mol. The zero-order valence-electron chi connectivity index (χ0n) is 12.4. The molecule has 0 aliphatic rings. The molecule has 0 spiro atoms. The molecule has 1 rings (SSSR count). The molecule has 0 unspecified atom stereocenters. The monoisotopic (exact) mass is 530 g/mol. The van der Waals surface area contributed by atoms with Crippen molar-refractivity contribution in [2.24, 2.45) is 0 Å². The summed E-state index contributed by atoms with van der Waals surface area (Å²) < 4.78 is 52.7. The van der Waals surface area contributed by atoms with E-state index in [0.29, 0.717) is 0 Å². The minimum atomic E-state index is -5.42. The van der Waals surface area contributed by atoms with Crippen molar-refractivity contribution in [1.82, 2.24) is 0 Å². The van der Waals surface area contributed by atoms with Gasteiger partial charge >= 0.3 is 136 Å². The molecule has 0 aliphatic heterocycles. The maximum absolute atomic E-state index is 12.6. The Kier molecular flexibility index (Phi) is 6.13. The fourth-order valence-electron chi connectivity index (χ4n) is 1.67. The number of halogens is 3. The van der Waals surface area contributed by atoms with Gasteiger partial charge in [0.2, 0.25) is 0 Å². The molecule has 1 aromatic carbocycles. The van der Waals surface area contributed by atoms with Crippen molar-refractivity contribution >= 4 is 43.6 Å². The van der Waals surface area contributed by atoms with Crippen molar-refractivity contribution in [3.8, 4) is 0 Å². The molecule has 0 fully saturated rings. The van der Waals surface area contributed by atoms with E-state index in [-0.39, 0.29) is 3.12 Å². The number of carbonyl (C=O) groups excluding carboxylic acids is 3. The summed E-state index contributed by atoms with van der Waals surface area (Å²) in [5.74, 6) is -2.64. The molecule has 126 valence electrons. The van der Waals surface area contributed by atoms with Gasteiger partial charge in [0.25, 0.3) is 0 Å². The molecule has 0 saturated carbocycles. The van der Waals surface area contributed by atoms with Crippen LogP contribution in [0.25, 0.3) is 0 Å². The first-order valence-electron chi connectivity index (χ1n) is 6.23. The SMILES string of the molecule is CC(=O)[O][Pb]([O]C(C)=O)([O]C(C)=O)[c]1ccc(C(F)(F)F)cc1. The predicted molar refractivity (Wildman–Crippen MR) is 72.1 cm³/mol. The maximum atomic E-state index is 12.6. The fourth-order valence-corrected chi connectivity index (χ4v) is 10.2. The van der Waals surface area contributed by atoms with E-state index in [0.717, 1.165) is 45.0 Å². The number of hydrogen-bond acceptors (Lipinski definition) is 6. The van der Waals surface area contributed by atoms with Crippen molar-refractivity contribution in [3.63, 3.8) is 0 Å². The topological polar surface area (TPSA) is 78.9 Å². The van der Waals surface area contributed by atoms with Crippen LogP contribution < -0.4 is 3.12 Å². The Hall–Kier alpha value is -1.66. The Balaban J connectivity index is 3.38. The molecule has 6 nitrogen and oxygen atoms in total. The molecule has 0 saturated heterocycles. The van der Waals surface area contributed by atoms with Crippen LogP contribution in [0.5, 0.6) is 0 Å². The number of carbonyl (C=O) groups is 3. The van der Waals surface area contributed by atoms with Gasteiger partial charge in [0.15, 0.2) is 0 Å². The Morgan fingerprint density at radius 3 is 1.43 bits per heavy atom. The molecule has 0 atom stereocenters. The zero-order chi connectivity index (χ0) is 17.8. The van der Waals surface area contributed by atoms with E-state index in [1.54, 1.807) is 0 Å². The van der Waals surface area contributed by atoms with Crippen molar-refractivity contribution in [1.29, 1.82) is 0 Å². The second kappa shape index (κ2) is 7.28. The average Bonchev–Trinajstić information content (AvgIpc) is 2.35. The fraction of sp³-hybridized carbons (Fsp3) is 0.308. The van der Waals surface area contributed by atoms with Gasteiger partial charge in [-0.25, -0.2) is 0 Å². The van der Waals surface area contributed by atoms with Gasteiger partial charge in [-0.1, -0.05) is 0 Å². The van der Waals surface area contributed by atoms with Gasteiger partial charge in [0, 0.05) is 0 Å². The molecule has 0 aliphatic carbocycles. The number of alkyl halides is 3. The van der Waals surface area contributed by atoms with E-state index in [1.165, 1.54) is 0 Å².